The molecule has 0 aliphatic rings. The minimum atomic E-state index is -2.64. The van der Waals surface area contributed by atoms with Crippen molar-refractivity contribution in [3.8, 4) is 5.75 Å². The van der Waals surface area contributed by atoms with Crippen molar-refractivity contribution in [1.29, 1.82) is 0 Å². The van der Waals surface area contributed by atoms with Gasteiger partial charge in [0.25, 0.3) is 0 Å². The van der Waals surface area contributed by atoms with Crippen molar-refractivity contribution < 1.29 is 4.43 Å². The summed E-state index contributed by atoms with van der Waals surface area (Å²) in [6.07, 6.45) is 2.66. The molecule has 0 unspecified atom stereocenters. The van der Waals surface area contributed by atoms with Crippen LogP contribution in [-0.4, -0.2) is 8.32 Å². The highest BCUT2D eigenvalue weighted by molar-refractivity contribution is 7.00. The van der Waals surface area contributed by atoms with Crippen LogP contribution >= 0.6 is 0 Å². The van der Waals surface area contributed by atoms with Crippen LogP contribution in [0, 0.1) is 0 Å². The number of nitrogen functional groups attached to an aromatic ring is 1. The molecule has 0 saturated heterocycles. The van der Waals surface area contributed by atoms with Crippen LogP contribution < -0.4 is 20.5 Å². The van der Waals surface area contributed by atoms with E-state index in [1.54, 1.807) is 0 Å². The standard InChI is InChI=1S/C25H29NOSi/c1-5-12-20-17-21(26)19-22(18-20)27-28(25(2,3)4,23-13-8-6-9-14-23)24-15-10-7-11-16-24/h5-11,13-19H,1,12,26H2,2-4H3. The molecule has 28 heavy (non-hydrogen) atoms. The van der Waals surface area contributed by atoms with Gasteiger partial charge in [0.2, 0.25) is 0 Å². The molecular formula is C25H29NOSi. The molecule has 2 N–H and O–H groups in total. The third-order valence-electron chi connectivity index (χ3n) is 5.06. The topological polar surface area (TPSA) is 35.2 Å². The SMILES string of the molecule is C=CCc1cc(N)cc(O[Si](c2ccccc2)(c2ccccc2)C(C)(C)C)c1. The second-order valence-electron chi connectivity index (χ2n) is 8.17. The van der Waals surface area contributed by atoms with Crippen LogP contribution in [0.15, 0.2) is 91.5 Å². The van der Waals surface area contributed by atoms with Crippen LogP contribution in [0.2, 0.25) is 5.04 Å². The molecule has 0 spiro atoms. The van der Waals surface area contributed by atoms with E-state index in [0.29, 0.717) is 5.69 Å². The summed E-state index contributed by atoms with van der Waals surface area (Å²) in [6.45, 7) is 10.7. The van der Waals surface area contributed by atoms with Crippen LogP contribution in [0.4, 0.5) is 5.69 Å². The molecule has 0 aromatic heterocycles. The number of rotatable bonds is 6. The van der Waals surface area contributed by atoms with E-state index in [1.807, 2.05) is 18.2 Å². The van der Waals surface area contributed by atoms with Gasteiger partial charge in [0.05, 0.1) is 0 Å². The lowest BCUT2D eigenvalue weighted by atomic mass is 10.1. The quantitative estimate of drug-likeness (QED) is 0.369. The first kappa shape index (κ1) is 20.0. The number of hydrogen-bond donors (Lipinski definition) is 1. The van der Waals surface area contributed by atoms with Gasteiger partial charge >= 0.3 is 8.32 Å². The average molecular weight is 388 g/mol. The summed E-state index contributed by atoms with van der Waals surface area (Å²) < 4.78 is 7.03. The molecule has 0 amide bonds. The van der Waals surface area contributed by atoms with Gasteiger partial charge in [-0.1, -0.05) is 87.5 Å². The first-order chi connectivity index (χ1) is 13.4. The largest absolute Gasteiger partial charge is 0.534 e. The Morgan fingerprint density at radius 1 is 0.893 bits per heavy atom. The van der Waals surface area contributed by atoms with Crippen LogP contribution in [0.25, 0.3) is 0 Å². The van der Waals surface area contributed by atoms with Gasteiger partial charge in [0.15, 0.2) is 0 Å². The molecule has 2 nitrogen and oxygen atoms in total. The molecular weight excluding hydrogens is 358 g/mol. The van der Waals surface area contributed by atoms with E-state index in [1.165, 1.54) is 10.4 Å². The summed E-state index contributed by atoms with van der Waals surface area (Å²) >= 11 is 0. The number of nitrogens with two attached hydrogens (primary N) is 1. The van der Waals surface area contributed by atoms with E-state index < -0.39 is 8.32 Å². The Morgan fingerprint density at radius 3 is 1.89 bits per heavy atom. The van der Waals surface area contributed by atoms with E-state index in [-0.39, 0.29) is 5.04 Å². The molecule has 0 aliphatic carbocycles. The Bertz CT molecular complexity index is 890. The molecule has 3 heteroatoms. The molecule has 0 bridgehead atoms. The van der Waals surface area contributed by atoms with Crippen LogP contribution in [-0.2, 0) is 6.42 Å². The molecule has 3 aromatic carbocycles. The second kappa shape index (κ2) is 8.07. The first-order valence-electron chi connectivity index (χ1n) is 9.67. The van der Waals surface area contributed by atoms with Gasteiger partial charge in [-0.2, -0.15) is 0 Å². The summed E-state index contributed by atoms with van der Waals surface area (Å²) in [5, 5.41) is 2.42. The highest BCUT2D eigenvalue weighted by atomic mass is 28.4. The Hall–Kier alpha value is -2.78. The third kappa shape index (κ3) is 3.90. The van der Waals surface area contributed by atoms with Gasteiger partial charge in [0.1, 0.15) is 5.75 Å². The molecule has 0 radical (unpaired) electrons. The maximum Gasteiger partial charge on any atom is 0.319 e. The Balaban J connectivity index is 2.24. The summed E-state index contributed by atoms with van der Waals surface area (Å²) in [4.78, 5) is 0. The lowest BCUT2D eigenvalue weighted by Gasteiger charge is -2.43. The van der Waals surface area contributed by atoms with Crippen molar-refractivity contribution in [2.24, 2.45) is 0 Å². The zero-order valence-corrected chi connectivity index (χ0v) is 18.0. The third-order valence-corrected chi connectivity index (χ3v) is 10.0. The molecule has 144 valence electrons. The molecule has 3 rings (SSSR count). The summed E-state index contributed by atoms with van der Waals surface area (Å²) in [7, 11) is -2.64. The zero-order valence-electron chi connectivity index (χ0n) is 17.0. The van der Waals surface area contributed by atoms with Gasteiger partial charge in [-0.3, -0.25) is 0 Å². The fourth-order valence-corrected chi connectivity index (χ4v) is 8.26. The zero-order chi connectivity index (χ0) is 20.2. The Kier molecular flexibility index (Phi) is 5.75. The van der Waals surface area contributed by atoms with E-state index in [2.05, 4.69) is 94.1 Å². The molecule has 0 aliphatic heterocycles. The van der Waals surface area contributed by atoms with E-state index in [0.717, 1.165) is 17.7 Å². The Labute approximate surface area is 169 Å². The number of anilines is 1. The van der Waals surface area contributed by atoms with Crippen LogP contribution in [0.3, 0.4) is 0 Å². The van der Waals surface area contributed by atoms with Crippen molar-refractivity contribution in [2.45, 2.75) is 32.2 Å². The predicted octanol–water partition coefficient (Wildman–Crippen LogP) is 4.94. The minimum absolute atomic E-state index is 0.0844. The van der Waals surface area contributed by atoms with Gasteiger partial charge < -0.3 is 10.2 Å². The summed E-state index contributed by atoms with van der Waals surface area (Å²) in [5.41, 5.74) is 8.03. The number of hydrogen-bond acceptors (Lipinski definition) is 2. The van der Waals surface area contributed by atoms with E-state index >= 15 is 0 Å². The van der Waals surface area contributed by atoms with Crippen molar-refractivity contribution in [1.82, 2.24) is 0 Å². The molecule has 3 aromatic rings. The predicted molar refractivity (Wildman–Crippen MR) is 123 cm³/mol. The lowest BCUT2D eigenvalue weighted by molar-refractivity contribution is 0.508. The van der Waals surface area contributed by atoms with Gasteiger partial charge in [0, 0.05) is 11.8 Å². The number of allylic oxidation sites excluding steroid dienone is 1. The summed E-state index contributed by atoms with van der Waals surface area (Å²) in [6, 6.07) is 27.3. The average Bonchev–Trinajstić information content (AvgIpc) is 2.66. The highest BCUT2D eigenvalue weighted by Crippen LogP contribution is 2.38. The number of benzene rings is 3. The fraction of sp³-hybridized carbons (Fsp3) is 0.200. The van der Waals surface area contributed by atoms with Crippen LogP contribution in [0.5, 0.6) is 5.75 Å². The van der Waals surface area contributed by atoms with Gasteiger partial charge in [-0.05, 0) is 39.5 Å². The molecule has 0 atom stereocenters. The van der Waals surface area contributed by atoms with E-state index in [9.17, 15) is 0 Å². The smallest absolute Gasteiger partial charge is 0.319 e. The van der Waals surface area contributed by atoms with E-state index in [4.69, 9.17) is 10.2 Å². The fourth-order valence-electron chi connectivity index (χ4n) is 3.86. The van der Waals surface area contributed by atoms with Crippen molar-refractivity contribution in [2.75, 3.05) is 5.73 Å². The van der Waals surface area contributed by atoms with Crippen molar-refractivity contribution in [3.63, 3.8) is 0 Å². The molecule has 0 heterocycles. The lowest BCUT2D eigenvalue weighted by Crippen LogP contribution is -2.68. The minimum Gasteiger partial charge on any atom is -0.534 e. The second-order valence-corrected chi connectivity index (χ2v) is 12.4. The highest BCUT2D eigenvalue weighted by Gasteiger charge is 2.52. The van der Waals surface area contributed by atoms with Crippen molar-refractivity contribution >= 4 is 24.4 Å². The maximum absolute atomic E-state index is 7.03. The summed E-state index contributed by atoms with van der Waals surface area (Å²) in [5.74, 6) is 0.825. The van der Waals surface area contributed by atoms with Gasteiger partial charge in [-0.25, -0.2) is 0 Å². The van der Waals surface area contributed by atoms with Crippen molar-refractivity contribution in [3.05, 3.63) is 97.1 Å². The monoisotopic (exact) mass is 387 g/mol. The maximum atomic E-state index is 7.03. The normalized spacial score (nSPS) is 11.8. The van der Waals surface area contributed by atoms with Gasteiger partial charge in [-0.15, -0.1) is 6.58 Å². The first-order valence-corrected chi connectivity index (χ1v) is 11.6. The Morgan fingerprint density at radius 2 is 1.43 bits per heavy atom. The molecule has 0 saturated carbocycles. The van der Waals surface area contributed by atoms with Crippen LogP contribution in [0.1, 0.15) is 26.3 Å². The molecule has 0 fully saturated rings.